The Balaban J connectivity index is 1.57. The maximum Gasteiger partial charge on any atom is 0.303 e. The predicted molar refractivity (Wildman–Crippen MR) is 280 cm³/mol. The fraction of sp³-hybridized carbons (Fsp3) is 0.837. The number of aliphatic imine (C=N–C) groups is 3. The van der Waals surface area contributed by atoms with Gasteiger partial charge in [0, 0.05) is 153 Å². The Morgan fingerprint density at radius 1 is 0.493 bits per heavy atom. The molecule has 3 heterocycles. The van der Waals surface area contributed by atoms with Crippen LogP contribution in [0.2, 0.25) is 0 Å². The first-order valence-corrected chi connectivity index (χ1v) is 26.3. The lowest BCUT2D eigenvalue weighted by Gasteiger charge is -2.35. The van der Waals surface area contributed by atoms with Gasteiger partial charge in [-0.15, -0.1) is 0 Å². The van der Waals surface area contributed by atoms with Crippen molar-refractivity contribution in [2.45, 2.75) is 82.6 Å². The fourth-order valence-corrected chi connectivity index (χ4v) is 8.28. The third-order valence-corrected chi connectivity index (χ3v) is 12.0. The molecule has 4 amide bonds. The van der Waals surface area contributed by atoms with Gasteiger partial charge in [0.25, 0.3) is 0 Å². The minimum atomic E-state index is -1.10. The van der Waals surface area contributed by atoms with Crippen molar-refractivity contribution in [1.82, 2.24) is 50.7 Å². The Morgan fingerprint density at radius 2 is 0.849 bits per heavy atom. The van der Waals surface area contributed by atoms with Gasteiger partial charge in [-0.05, 0) is 38.5 Å². The fourth-order valence-electron chi connectivity index (χ4n) is 8.28. The zero-order valence-electron chi connectivity index (χ0n) is 45.1. The SMILES string of the molecule is CN(C)C(=NCCCNC(=O)CCCCC(COCCC(=O)NCCCN=C(N(C)C)N1CCOCC1)(COCCC(=O)NCCCN=C(N(C)C)N1CCOCC1)NC(=O)CCCC(=O)O)N1CCOCC1. The molecule has 3 fully saturated rings. The maximum atomic E-state index is 13.4. The summed E-state index contributed by atoms with van der Waals surface area (Å²) >= 11 is 0. The van der Waals surface area contributed by atoms with Gasteiger partial charge in [0.2, 0.25) is 23.6 Å². The van der Waals surface area contributed by atoms with Crippen molar-refractivity contribution in [3.8, 4) is 0 Å². The monoisotopic (exact) mass is 1040 g/mol. The molecular weight excluding hydrogens is 947 g/mol. The molecule has 418 valence electrons. The quantitative estimate of drug-likeness (QED) is 0.0331. The second-order valence-corrected chi connectivity index (χ2v) is 19.0. The Bertz CT molecular complexity index is 1540. The number of carbonyl (C=O) groups excluding carboxylic acids is 4. The van der Waals surface area contributed by atoms with Gasteiger partial charge in [-0.25, -0.2) is 0 Å². The standard InChI is InChI=1S/C49H91N13O11/c1-57(2)46(60-25-33-69-34-26-60)53-22-10-19-50-41(63)13-7-8-18-49(56-44(66)14-9-15-45(67)68,39-72-31-16-42(64)51-20-11-23-54-47(58(3)4)61-27-35-70-36-28-61)40-73-32-17-43(65)52-21-12-24-55-48(59(5)6)62-29-37-71-38-30-62/h7-40H2,1-6H3,(H,50,63)(H,51,64)(H,52,65)(H,56,66)(H,67,68). The van der Waals surface area contributed by atoms with Crippen LogP contribution in [-0.2, 0) is 47.7 Å². The molecule has 5 N–H and O–H groups in total. The number of aliphatic carboxylic acids is 1. The highest BCUT2D eigenvalue weighted by Crippen LogP contribution is 2.19. The van der Waals surface area contributed by atoms with Crippen LogP contribution in [0.3, 0.4) is 0 Å². The third-order valence-electron chi connectivity index (χ3n) is 12.0. The van der Waals surface area contributed by atoms with Crippen LogP contribution in [0, 0.1) is 0 Å². The van der Waals surface area contributed by atoms with E-state index in [1.807, 2.05) is 57.0 Å². The van der Waals surface area contributed by atoms with E-state index in [2.05, 4.69) is 36.0 Å². The van der Waals surface area contributed by atoms with Crippen LogP contribution in [0.4, 0.5) is 0 Å². The highest BCUT2D eigenvalue weighted by Gasteiger charge is 2.33. The molecule has 0 aromatic carbocycles. The predicted octanol–water partition coefficient (Wildman–Crippen LogP) is -0.262. The molecule has 3 saturated heterocycles. The van der Waals surface area contributed by atoms with Crippen molar-refractivity contribution in [3.63, 3.8) is 0 Å². The molecule has 24 heteroatoms. The number of guanidine groups is 3. The summed E-state index contributed by atoms with van der Waals surface area (Å²) in [5.74, 6) is 0.830. The van der Waals surface area contributed by atoms with Gasteiger partial charge >= 0.3 is 5.97 Å². The van der Waals surface area contributed by atoms with Crippen LogP contribution >= 0.6 is 0 Å². The van der Waals surface area contributed by atoms with Gasteiger partial charge in [0.05, 0.1) is 71.6 Å². The molecule has 0 aliphatic carbocycles. The van der Waals surface area contributed by atoms with Crippen LogP contribution < -0.4 is 21.3 Å². The van der Waals surface area contributed by atoms with Gasteiger partial charge < -0.3 is 79.5 Å². The van der Waals surface area contributed by atoms with Crippen LogP contribution in [-0.4, -0.2) is 274 Å². The Morgan fingerprint density at radius 3 is 1.21 bits per heavy atom. The van der Waals surface area contributed by atoms with Crippen molar-refractivity contribution >= 4 is 47.5 Å². The van der Waals surface area contributed by atoms with Crippen molar-refractivity contribution in [2.75, 3.05) is 187 Å². The van der Waals surface area contributed by atoms with Gasteiger partial charge in [-0.1, -0.05) is 6.42 Å². The molecule has 0 unspecified atom stereocenters. The van der Waals surface area contributed by atoms with Gasteiger partial charge in [0.15, 0.2) is 17.9 Å². The van der Waals surface area contributed by atoms with Crippen molar-refractivity contribution in [3.05, 3.63) is 0 Å². The normalized spacial score (nSPS) is 16.6. The number of hydrogen-bond acceptors (Lipinski definition) is 13. The molecule has 3 aliphatic heterocycles. The summed E-state index contributed by atoms with van der Waals surface area (Å²) < 4.78 is 28.7. The second kappa shape index (κ2) is 36.8. The molecule has 0 saturated carbocycles. The zero-order chi connectivity index (χ0) is 53.1. The van der Waals surface area contributed by atoms with Crippen LogP contribution in [0.1, 0.15) is 77.0 Å². The number of amides is 4. The first-order valence-electron chi connectivity index (χ1n) is 26.3. The van der Waals surface area contributed by atoms with E-state index >= 15 is 0 Å². The first-order chi connectivity index (χ1) is 35.2. The van der Waals surface area contributed by atoms with Crippen molar-refractivity contribution in [1.29, 1.82) is 0 Å². The van der Waals surface area contributed by atoms with E-state index in [9.17, 15) is 29.1 Å². The highest BCUT2D eigenvalue weighted by atomic mass is 16.5. The molecule has 3 rings (SSSR count). The smallest absolute Gasteiger partial charge is 0.303 e. The average Bonchev–Trinajstić information content (AvgIpc) is 3.36. The van der Waals surface area contributed by atoms with Gasteiger partial charge in [-0.3, -0.25) is 38.9 Å². The highest BCUT2D eigenvalue weighted by molar-refractivity contribution is 5.81. The number of rotatable bonds is 32. The average molecular weight is 1040 g/mol. The summed E-state index contributed by atoms with van der Waals surface area (Å²) in [5, 5.41) is 21.2. The van der Waals surface area contributed by atoms with E-state index < -0.39 is 11.5 Å². The topological polar surface area (TPSA) is 256 Å². The Labute approximate surface area is 434 Å². The summed E-state index contributed by atoms with van der Waals surface area (Å²) in [6, 6.07) is 0. The van der Waals surface area contributed by atoms with Crippen LogP contribution in [0.25, 0.3) is 0 Å². The summed E-state index contributed by atoms with van der Waals surface area (Å²) in [4.78, 5) is 90.3. The van der Waals surface area contributed by atoms with E-state index in [4.69, 9.17) is 38.7 Å². The van der Waals surface area contributed by atoms with Crippen molar-refractivity contribution in [2.24, 2.45) is 15.0 Å². The van der Waals surface area contributed by atoms with Crippen molar-refractivity contribution < 1.29 is 52.8 Å². The molecule has 0 atom stereocenters. The molecule has 24 nitrogen and oxygen atoms in total. The number of carboxylic acid groups (broad SMARTS) is 1. The molecule has 0 bridgehead atoms. The lowest BCUT2D eigenvalue weighted by Crippen LogP contribution is -2.55. The van der Waals surface area contributed by atoms with E-state index in [0.29, 0.717) is 117 Å². The van der Waals surface area contributed by atoms with Crippen LogP contribution in [0.5, 0.6) is 0 Å². The van der Waals surface area contributed by atoms with E-state index in [1.165, 1.54) is 0 Å². The van der Waals surface area contributed by atoms with E-state index in [-0.39, 0.29) is 88.6 Å². The van der Waals surface area contributed by atoms with Gasteiger partial charge in [-0.2, -0.15) is 0 Å². The molecule has 0 aromatic heterocycles. The minimum Gasteiger partial charge on any atom is -0.481 e. The largest absolute Gasteiger partial charge is 0.481 e. The summed E-state index contributed by atoms with van der Waals surface area (Å²) in [7, 11) is 11.8. The molecule has 0 aromatic rings. The lowest BCUT2D eigenvalue weighted by molar-refractivity contribution is -0.137. The van der Waals surface area contributed by atoms with Crippen LogP contribution in [0.15, 0.2) is 15.0 Å². The summed E-state index contributed by atoms with van der Waals surface area (Å²) in [5.41, 5.74) is -1.10. The lowest BCUT2D eigenvalue weighted by atomic mass is 9.93. The summed E-state index contributed by atoms with van der Waals surface area (Å²) in [6.07, 6.45) is 3.71. The summed E-state index contributed by atoms with van der Waals surface area (Å²) in [6.45, 7) is 11.8. The minimum absolute atomic E-state index is 0.0211. The Kier molecular flexibility index (Phi) is 31.4. The number of morpholine rings is 3. The molecule has 0 radical (unpaired) electrons. The number of carboxylic acids is 1. The van der Waals surface area contributed by atoms with E-state index in [1.54, 1.807) is 0 Å². The third kappa shape index (κ3) is 27.2. The zero-order valence-corrected chi connectivity index (χ0v) is 45.1. The number of nitrogens with one attached hydrogen (secondary N) is 4. The number of carbonyl (C=O) groups is 5. The number of nitrogens with zero attached hydrogens (tertiary/aromatic N) is 9. The molecule has 0 spiro atoms. The Hall–Kier alpha value is -5.04. The number of ether oxygens (including phenoxy) is 5. The molecule has 3 aliphatic rings. The number of hydrogen-bond donors (Lipinski definition) is 5. The van der Waals surface area contributed by atoms with Gasteiger partial charge in [0.1, 0.15) is 0 Å². The second-order valence-electron chi connectivity index (χ2n) is 19.0. The maximum absolute atomic E-state index is 13.4. The molecule has 73 heavy (non-hydrogen) atoms. The molecular formula is C49H91N13O11. The van der Waals surface area contributed by atoms with E-state index in [0.717, 1.165) is 57.1 Å². The first kappa shape index (κ1) is 62.3. The number of unbranched alkanes of at least 4 members (excludes halogenated alkanes) is 1.